The summed E-state index contributed by atoms with van der Waals surface area (Å²) in [5.41, 5.74) is 2.21. The molecular formula is C12H17NOS. The number of nitrogens with one attached hydrogen (secondary N) is 1. The molecule has 1 heterocycles. The normalized spacial score (nSPS) is 20.8. The second-order valence-electron chi connectivity index (χ2n) is 4.03. The maximum atomic E-state index is 9.92. The van der Waals surface area contributed by atoms with Crippen molar-refractivity contribution >= 4 is 11.8 Å². The number of benzene rings is 1. The van der Waals surface area contributed by atoms with Crippen molar-refractivity contribution in [2.24, 2.45) is 0 Å². The van der Waals surface area contributed by atoms with Gasteiger partial charge in [-0.2, -0.15) is 0 Å². The van der Waals surface area contributed by atoms with Crippen molar-refractivity contribution in [3.8, 4) is 5.75 Å². The topological polar surface area (TPSA) is 32.3 Å². The predicted octanol–water partition coefficient (Wildman–Crippen LogP) is 2.85. The molecule has 0 spiro atoms. The summed E-state index contributed by atoms with van der Waals surface area (Å²) in [5, 5.41) is 13.3. The molecule has 1 aromatic rings. The first-order valence-corrected chi connectivity index (χ1v) is 6.55. The molecule has 1 atom stereocenters. The lowest BCUT2D eigenvalue weighted by atomic mass is 10.0. The minimum absolute atomic E-state index is 0.344. The van der Waals surface area contributed by atoms with E-state index in [-0.39, 0.29) is 0 Å². The lowest BCUT2D eigenvalue weighted by Crippen LogP contribution is -2.13. The van der Waals surface area contributed by atoms with Gasteiger partial charge in [-0.15, -0.1) is 11.8 Å². The molecule has 1 aliphatic rings. The Kier molecular flexibility index (Phi) is 3.22. The van der Waals surface area contributed by atoms with Gasteiger partial charge in [0, 0.05) is 16.5 Å². The molecule has 0 radical (unpaired) electrons. The van der Waals surface area contributed by atoms with E-state index >= 15 is 0 Å². The summed E-state index contributed by atoms with van der Waals surface area (Å²) >= 11 is 1.74. The summed E-state index contributed by atoms with van der Waals surface area (Å²) in [7, 11) is 0. The van der Waals surface area contributed by atoms with Crippen LogP contribution in [0.1, 0.15) is 30.0 Å². The van der Waals surface area contributed by atoms with E-state index in [1.807, 2.05) is 13.0 Å². The molecule has 3 heteroatoms. The van der Waals surface area contributed by atoms with Gasteiger partial charge >= 0.3 is 0 Å². The highest BCUT2D eigenvalue weighted by Gasteiger charge is 2.20. The minimum atomic E-state index is 0.344. The molecule has 15 heavy (non-hydrogen) atoms. The van der Waals surface area contributed by atoms with Gasteiger partial charge in [0.05, 0.1) is 0 Å². The van der Waals surface area contributed by atoms with Gasteiger partial charge in [-0.05, 0) is 50.3 Å². The first kappa shape index (κ1) is 10.8. The molecular weight excluding hydrogens is 206 g/mol. The van der Waals surface area contributed by atoms with Crippen LogP contribution in [0.2, 0.25) is 0 Å². The molecule has 0 unspecified atom stereocenters. The Balaban J connectivity index is 2.37. The van der Waals surface area contributed by atoms with Crippen molar-refractivity contribution in [1.82, 2.24) is 5.32 Å². The van der Waals surface area contributed by atoms with Crippen molar-refractivity contribution < 1.29 is 5.11 Å². The van der Waals surface area contributed by atoms with Crippen molar-refractivity contribution in [3.63, 3.8) is 0 Å². The molecule has 2 N–H and O–H groups in total. The Morgan fingerprint density at radius 3 is 2.87 bits per heavy atom. The van der Waals surface area contributed by atoms with Crippen LogP contribution in [0.15, 0.2) is 17.0 Å². The van der Waals surface area contributed by atoms with Crippen LogP contribution < -0.4 is 5.32 Å². The van der Waals surface area contributed by atoms with E-state index < -0.39 is 0 Å². The first-order chi connectivity index (χ1) is 7.22. The van der Waals surface area contributed by atoms with Crippen molar-refractivity contribution in [2.75, 3.05) is 12.8 Å². The average Bonchev–Trinajstić information content (AvgIpc) is 2.71. The molecule has 1 aliphatic heterocycles. The second-order valence-corrected chi connectivity index (χ2v) is 4.88. The third-order valence-corrected chi connectivity index (χ3v) is 3.86. The van der Waals surface area contributed by atoms with Crippen LogP contribution in [0.25, 0.3) is 0 Å². The van der Waals surface area contributed by atoms with Gasteiger partial charge in [0.15, 0.2) is 0 Å². The highest BCUT2D eigenvalue weighted by molar-refractivity contribution is 7.98. The molecule has 2 rings (SSSR count). The third kappa shape index (κ3) is 2.13. The van der Waals surface area contributed by atoms with Crippen LogP contribution >= 0.6 is 11.8 Å². The van der Waals surface area contributed by atoms with Gasteiger partial charge in [-0.1, -0.05) is 0 Å². The number of aryl methyl sites for hydroxylation is 1. The standard InChI is InChI=1S/C12H17NOS/c1-8-6-11(14)9(7-12(8)15-2)10-4-3-5-13-10/h6-7,10,13-14H,3-5H2,1-2H3/t10-/m1/s1. The quantitative estimate of drug-likeness (QED) is 0.756. The van der Waals surface area contributed by atoms with E-state index in [4.69, 9.17) is 0 Å². The van der Waals surface area contributed by atoms with Crippen molar-refractivity contribution in [2.45, 2.75) is 30.7 Å². The number of phenolic OH excluding ortho intramolecular Hbond substituents is 1. The maximum Gasteiger partial charge on any atom is 0.120 e. The number of thioether (sulfide) groups is 1. The number of hydrogen-bond donors (Lipinski definition) is 2. The summed E-state index contributed by atoms with van der Waals surface area (Å²) < 4.78 is 0. The Labute approximate surface area is 95.1 Å². The largest absolute Gasteiger partial charge is 0.508 e. The first-order valence-electron chi connectivity index (χ1n) is 5.33. The molecule has 0 aliphatic carbocycles. The summed E-state index contributed by atoms with van der Waals surface area (Å²) in [4.78, 5) is 1.26. The van der Waals surface area contributed by atoms with Crippen LogP contribution in [0, 0.1) is 6.92 Å². The lowest BCUT2D eigenvalue weighted by Gasteiger charge is -2.15. The van der Waals surface area contributed by atoms with Gasteiger partial charge in [0.25, 0.3) is 0 Å². The summed E-state index contributed by atoms with van der Waals surface area (Å²) in [5.74, 6) is 0.435. The van der Waals surface area contributed by atoms with E-state index in [1.54, 1.807) is 11.8 Å². The molecule has 0 amide bonds. The highest BCUT2D eigenvalue weighted by Crippen LogP contribution is 2.34. The monoisotopic (exact) mass is 223 g/mol. The van der Waals surface area contributed by atoms with Crippen LogP contribution in [0.5, 0.6) is 5.75 Å². The molecule has 0 bridgehead atoms. The zero-order valence-corrected chi connectivity index (χ0v) is 10.0. The third-order valence-electron chi connectivity index (χ3n) is 2.98. The summed E-state index contributed by atoms with van der Waals surface area (Å²) in [6.07, 6.45) is 4.41. The number of hydrogen-bond acceptors (Lipinski definition) is 3. The number of aromatic hydroxyl groups is 1. The van der Waals surface area contributed by atoms with Crippen molar-refractivity contribution in [1.29, 1.82) is 0 Å². The fourth-order valence-corrected chi connectivity index (χ4v) is 2.76. The van der Waals surface area contributed by atoms with E-state index in [2.05, 4.69) is 17.6 Å². The van der Waals surface area contributed by atoms with Gasteiger partial charge in [0.1, 0.15) is 5.75 Å². The van der Waals surface area contributed by atoms with Gasteiger partial charge in [-0.3, -0.25) is 0 Å². The maximum absolute atomic E-state index is 9.92. The van der Waals surface area contributed by atoms with Crippen LogP contribution in [0.3, 0.4) is 0 Å². The molecule has 2 nitrogen and oxygen atoms in total. The highest BCUT2D eigenvalue weighted by atomic mass is 32.2. The molecule has 0 saturated carbocycles. The molecule has 1 saturated heterocycles. The van der Waals surface area contributed by atoms with E-state index in [9.17, 15) is 5.11 Å². The van der Waals surface area contributed by atoms with Crippen molar-refractivity contribution in [3.05, 3.63) is 23.3 Å². The molecule has 1 aromatic carbocycles. The Hall–Kier alpha value is -0.670. The average molecular weight is 223 g/mol. The Bertz CT molecular complexity index is 359. The Morgan fingerprint density at radius 2 is 2.27 bits per heavy atom. The summed E-state index contributed by atoms with van der Waals surface area (Å²) in [6.45, 7) is 3.10. The SMILES string of the molecule is CSc1cc([C@H]2CCCN2)c(O)cc1C. The number of phenols is 1. The zero-order valence-electron chi connectivity index (χ0n) is 9.21. The molecule has 1 fully saturated rings. The van der Waals surface area contributed by atoms with E-state index in [0.717, 1.165) is 24.1 Å². The lowest BCUT2D eigenvalue weighted by molar-refractivity contribution is 0.455. The fourth-order valence-electron chi connectivity index (χ4n) is 2.14. The minimum Gasteiger partial charge on any atom is -0.508 e. The smallest absolute Gasteiger partial charge is 0.120 e. The fraction of sp³-hybridized carbons (Fsp3) is 0.500. The van der Waals surface area contributed by atoms with Gasteiger partial charge in [-0.25, -0.2) is 0 Å². The van der Waals surface area contributed by atoms with E-state index in [1.165, 1.54) is 11.3 Å². The number of rotatable bonds is 2. The van der Waals surface area contributed by atoms with Crippen LogP contribution in [0.4, 0.5) is 0 Å². The van der Waals surface area contributed by atoms with Crippen LogP contribution in [-0.4, -0.2) is 17.9 Å². The summed E-state index contributed by atoms with van der Waals surface area (Å²) in [6, 6.07) is 4.34. The predicted molar refractivity (Wildman–Crippen MR) is 64.6 cm³/mol. The molecule has 82 valence electrons. The van der Waals surface area contributed by atoms with Gasteiger partial charge in [0.2, 0.25) is 0 Å². The van der Waals surface area contributed by atoms with Gasteiger partial charge < -0.3 is 10.4 Å². The van der Waals surface area contributed by atoms with E-state index in [0.29, 0.717) is 11.8 Å². The van der Waals surface area contributed by atoms with Crippen LogP contribution in [-0.2, 0) is 0 Å². The Morgan fingerprint density at radius 1 is 1.47 bits per heavy atom. The zero-order chi connectivity index (χ0) is 10.8. The molecule has 0 aromatic heterocycles. The second kappa shape index (κ2) is 4.45.